The Morgan fingerprint density at radius 2 is 1.82 bits per heavy atom. The third-order valence-electron chi connectivity index (χ3n) is 4.44. The summed E-state index contributed by atoms with van der Waals surface area (Å²) in [6.07, 6.45) is 4.26. The minimum atomic E-state index is -0.286. The van der Waals surface area contributed by atoms with E-state index >= 15 is 0 Å². The molecule has 34 heavy (non-hydrogen) atoms. The third-order valence-corrected chi connectivity index (χ3v) is 4.44. The first-order valence-electron chi connectivity index (χ1n) is 10.7. The zero-order chi connectivity index (χ0) is 24.3. The Kier molecular flexibility index (Phi) is 8.64. The number of amides is 1. The second-order valence-corrected chi connectivity index (χ2v) is 6.61. The summed E-state index contributed by atoms with van der Waals surface area (Å²) in [6.45, 7) is 8.47. The predicted molar refractivity (Wildman–Crippen MR) is 132 cm³/mol. The van der Waals surface area contributed by atoms with Crippen LogP contribution >= 0.6 is 0 Å². The molecule has 0 bridgehead atoms. The first-order chi connectivity index (χ1) is 16.7. The molecule has 1 amide bonds. The predicted octanol–water partition coefficient (Wildman–Crippen LogP) is 4.13. The molecule has 0 fully saturated rings. The van der Waals surface area contributed by atoms with Gasteiger partial charge in [0.2, 0.25) is 17.8 Å². The summed E-state index contributed by atoms with van der Waals surface area (Å²) in [5.41, 5.74) is 2.90. The lowest BCUT2D eigenvalue weighted by Gasteiger charge is -2.09. The molecule has 0 atom stereocenters. The van der Waals surface area contributed by atoms with E-state index in [1.165, 1.54) is 12.4 Å². The van der Waals surface area contributed by atoms with Crippen molar-refractivity contribution in [3.05, 3.63) is 67.8 Å². The number of hydrogen-bond donors (Lipinski definition) is 2. The fraction of sp³-hybridized carbons (Fsp3) is 0.208. The van der Waals surface area contributed by atoms with Crippen molar-refractivity contribution in [3.8, 4) is 11.7 Å². The zero-order valence-corrected chi connectivity index (χ0v) is 19.4. The van der Waals surface area contributed by atoms with Gasteiger partial charge in [-0.25, -0.2) is 15.0 Å². The number of nitrogens with zero attached hydrogens (tertiary/aromatic N) is 5. The van der Waals surface area contributed by atoms with Crippen LogP contribution in [0.4, 0.5) is 17.3 Å². The molecule has 0 saturated carbocycles. The van der Waals surface area contributed by atoms with Gasteiger partial charge in [-0.15, -0.1) is 0 Å². The van der Waals surface area contributed by atoms with Gasteiger partial charge < -0.3 is 20.1 Å². The van der Waals surface area contributed by atoms with Crippen LogP contribution in [0.25, 0.3) is 17.0 Å². The summed E-state index contributed by atoms with van der Waals surface area (Å²) in [4.78, 5) is 28.8. The van der Waals surface area contributed by atoms with Crippen molar-refractivity contribution in [2.24, 2.45) is 0 Å². The Morgan fingerprint density at radius 3 is 2.56 bits per heavy atom. The fourth-order valence-electron chi connectivity index (χ4n) is 2.91. The quantitative estimate of drug-likeness (QED) is 0.282. The number of nitrogens with one attached hydrogen (secondary N) is 2. The third kappa shape index (κ3) is 6.14. The second-order valence-electron chi connectivity index (χ2n) is 6.61. The Morgan fingerprint density at radius 1 is 1.06 bits per heavy atom. The van der Waals surface area contributed by atoms with Crippen molar-refractivity contribution in [3.63, 3.8) is 0 Å². The summed E-state index contributed by atoms with van der Waals surface area (Å²) < 4.78 is 12.3. The standard InChI is InChI=1S/C22H21N7O3.C2H6/c1-3-20(30)26-16-6-9-19-18(12-16)25-14-29(19)22-24-13-23-21(28-22)27-15-4-7-17(8-5-15)32-11-10-31-2;1-2/h3-9,12-14H,1,10-11H2,2H3,(H,26,30)(H,23,24,27,28);1-2H3. The summed E-state index contributed by atoms with van der Waals surface area (Å²) in [6, 6.07) is 12.8. The molecule has 2 heterocycles. The summed E-state index contributed by atoms with van der Waals surface area (Å²) in [5, 5.41) is 5.87. The maximum absolute atomic E-state index is 11.5. The van der Waals surface area contributed by atoms with Crippen molar-refractivity contribution < 1.29 is 14.3 Å². The lowest BCUT2D eigenvalue weighted by molar-refractivity contribution is -0.111. The number of fused-ring (bicyclic) bond motifs is 1. The van der Waals surface area contributed by atoms with Crippen LogP contribution in [0, 0.1) is 0 Å². The highest BCUT2D eigenvalue weighted by atomic mass is 16.5. The van der Waals surface area contributed by atoms with E-state index in [1.807, 2.05) is 44.2 Å². The molecule has 0 aliphatic carbocycles. The van der Waals surface area contributed by atoms with E-state index in [9.17, 15) is 4.79 Å². The largest absolute Gasteiger partial charge is 0.491 e. The van der Waals surface area contributed by atoms with Gasteiger partial charge >= 0.3 is 0 Å². The first kappa shape index (κ1) is 24.3. The van der Waals surface area contributed by atoms with E-state index in [1.54, 1.807) is 30.1 Å². The van der Waals surface area contributed by atoms with Gasteiger partial charge in [0, 0.05) is 18.5 Å². The topological polar surface area (TPSA) is 116 Å². The lowest BCUT2D eigenvalue weighted by atomic mass is 10.2. The number of benzene rings is 2. The van der Waals surface area contributed by atoms with Crippen molar-refractivity contribution >= 4 is 34.3 Å². The number of carbonyl (C=O) groups excluding carboxylic acids is 1. The van der Waals surface area contributed by atoms with Gasteiger partial charge in [-0.05, 0) is 48.5 Å². The Bertz CT molecular complexity index is 1240. The van der Waals surface area contributed by atoms with Crippen molar-refractivity contribution in [1.82, 2.24) is 24.5 Å². The second kappa shape index (κ2) is 12.1. The molecule has 2 aromatic carbocycles. The molecular formula is C24H27N7O3. The van der Waals surface area contributed by atoms with Crippen LogP contribution in [0.2, 0.25) is 0 Å². The number of aromatic nitrogens is 5. The molecule has 0 aliphatic heterocycles. The average molecular weight is 462 g/mol. The molecule has 0 saturated heterocycles. The number of ether oxygens (including phenoxy) is 2. The molecule has 4 rings (SSSR count). The fourth-order valence-corrected chi connectivity index (χ4v) is 2.91. The number of methoxy groups -OCH3 is 1. The number of anilines is 3. The van der Waals surface area contributed by atoms with E-state index in [0.717, 1.165) is 17.0 Å². The molecule has 176 valence electrons. The molecule has 0 radical (unpaired) electrons. The first-order valence-corrected chi connectivity index (χ1v) is 10.7. The number of hydrogen-bond acceptors (Lipinski definition) is 8. The van der Waals surface area contributed by atoms with Crippen LogP contribution in [-0.4, -0.2) is 50.7 Å². The maximum Gasteiger partial charge on any atom is 0.247 e. The van der Waals surface area contributed by atoms with Crippen LogP contribution in [-0.2, 0) is 9.53 Å². The van der Waals surface area contributed by atoms with Crippen LogP contribution in [0.3, 0.4) is 0 Å². The van der Waals surface area contributed by atoms with Gasteiger partial charge in [-0.1, -0.05) is 20.4 Å². The Hall–Kier alpha value is -4.31. The molecule has 0 unspecified atom stereocenters. The Labute approximate surface area is 197 Å². The SMILES string of the molecule is C=CC(=O)Nc1ccc2c(c1)ncn2-c1ncnc(Nc2ccc(OCCOC)cc2)n1.CC. The minimum absolute atomic E-state index is 0.286. The molecule has 10 heteroatoms. The van der Waals surface area contributed by atoms with Gasteiger partial charge in [0.05, 0.1) is 17.6 Å². The maximum atomic E-state index is 11.5. The number of carbonyl (C=O) groups is 1. The van der Waals surface area contributed by atoms with Gasteiger partial charge in [-0.3, -0.25) is 9.36 Å². The number of imidazole rings is 1. The molecule has 4 aromatic rings. The molecule has 2 N–H and O–H groups in total. The van der Waals surface area contributed by atoms with Crippen LogP contribution in [0.1, 0.15) is 13.8 Å². The van der Waals surface area contributed by atoms with Crippen molar-refractivity contribution in [1.29, 1.82) is 0 Å². The van der Waals surface area contributed by atoms with E-state index in [2.05, 4.69) is 37.1 Å². The van der Waals surface area contributed by atoms with E-state index in [4.69, 9.17) is 9.47 Å². The summed E-state index contributed by atoms with van der Waals surface area (Å²) in [7, 11) is 1.63. The van der Waals surface area contributed by atoms with Crippen molar-refractivity contribution in [2.45, 2.75) is 13.8 Å². The van der Waals surface area contributed by atoms with Crippen LogP contribution in [0.15, 0.2) is 67.8 Å². The van der Waals surface area contributed by atoms with Gasteiger partial charge in [-0.2, -0.15) is 4.98 Å². The highest BCUT2D eigenvalue weighted by Crippen LogP contribution is 2.22. The Balaban J connectivity index is 0.00000158. The minimum Gasteiger partial charge on any atom is -0.491 e. The van der Waals surface area contributed by atoms with Crippen LogP contribution < -0.4 is 15.4 Å². The molecule has 0 aliphatic rings. The highest BCUT2D eigenvalue weighted by Gasteiger charge is 2.10. The van der Waals surface area contributed by atoms with Crippen molar-refractivity contribution in [2.75, 3.05) is 31.0 Å². The van der Waals surface area contributed by atoms with Crippen LogP contribution in [0.5, 0.6) is 5.75 Å². The van der Waals surface area contributed by atoms with Gasteiger partial charge in [0.15, 0.2) is 0 Å². The normalized spacial score (nSPS) is 10.2. The van der Waals surface area contributed by atoms with E-state index < -0.39 is 0 Å². The van der Waals surface area contributed by atoms with Gasteiger partial charge in [0.1, 0.15) is 25.0 Å². The highest BCUT2D eigenvalue weighted by molar-refractivity contribution is 6.00. The smallest absolute Gasteiger partial charge is 0.247 e. The molecule has 0 spiro atoms. The number of rotatable bonds is 9. The monoisotopic (exact) mass is 461 g/mol. The van der Waals surface area contributed by atoms with Gasteiger partial charge in [0.25, 0.3) is 0 Å². The van der Waals surface area contributed by atoms with E-state index in [-0.39, 0.29) is 5.91 Å². The van der Waals surface area contributed by atoms with E-state index in [0.29, 0.717) is 36.3 Å². The lowest BCUT2D eigenvalue weighted by Crippen LogP contribution is -2.07. The molecule has 2 aromatic heterocycles. The molecular weight excluding hydrogens is 434 g/mol. The summed E-state index contributed by atoms with van der Waals surface area (Å²) in [5.74, 6) is 1.26. The molecule has 10 nitrogen and oxygen atoms in total. The summed E-state index contributed by atoms with van der Waals surface area (Å²) >= 11 is 0. The zero-order valence-electron chi connectivity index (χ0n) is 19.4. The average Bonchev–Trinajstić information content (AvgIpc) is 3.30.